The summed E-state index contributed by atoms with van der Waals surface area (Å²) in [5.41, 5.74) is 2.62. The number of anilines is 1. The number of carbonyl (C=O) groups is 3. The molecule has 0 radical (unpaired) electrons. The molecule has 3 amide bonds. The second-order valence-corrected chi connectivity index (χ2v) is 6.93. The molecule has 2 heterocycles. The standard InChI is InChI=1S/C20H26N4O3/c1-3-7-21-19(26)14-22-9-11-23(12-10-22)20(27)17-4-5-18-16(13-17)6-8-24(18)15(2)25/h3-5,13H,1,6-12,14H2,2H3,(H,21,26). The van der Waals surface area contributed by atoms with Gasteiger partial charge in [0.05, 0.1) is 6.54 Å². The number of hydrogen-bond donors (Lipinski definition) is 1. The summed E-state index contributed by atoms with van der Waals surface area (Å²) in [6, 6.07) is 5.59. The number of nitrogens with one attached hydrogen (secondary N) is 1. The van der Waals surface area contributed by atoms with Gasteiger partial charge in [0, 0.05) is 57.4 Å². The van der Waals surface area contributed by atoms with Crippen molar-refractivity contribution in [3.8, 4) is 0 Å². The molecule has 2 aliphatic rings. The third-order valence-electron chi connectivity index (χ3n) is 5.07. The Morgan fingerprint density at radius 2 is 1.89 bits per heavy atom. The quantitative estimate of drug-likeness (QED) is 0.773. The summed E-state index contributed by atoms with van der Waals surface area (Å²) in [7, 11) is 0. The van der Waals surface area contributed by atoms with Crippen molar-refractivity contribution in [2.45, 2.75) is 13.3 Å². The van der Waals surface area contributed by atoms with E-state index in [9.17, 15) is 14.4 Å². The first-order valence-electron chi connectivity index (χ1n) is 9.30. The molecule has 2 aliphatic heterocycles. The van der Waals surface area contributed by atoms with Crippen LogP contribution in [0, 0.1) is 0 Å². The molecule has 0 saturated carbocycles. The van der Waals surface area contributed by atoms with E-state index in [0.29, 0.717) is 51.4 Å². The van der Waals surface area contributed by atoms with Crippen LogP contribution in [-0.4, -0.2) is 73.3 Å². The average Bonchev–Trinajstić information content (AvgIpc) is 3.10. The average molecular weight is 370 g/mol. The summed E-state index contributed by atoms with van der Waals surface area (Å²) < 4.78 is 0. The number of amides is 3. The molecule has 3 rings (SSSR count). The lowest BCUT2D eigenvalue weighted by Crippen LogP contribution is -2.51. The Balaban J connectivity index is 1.56. The van der Waals surface area contributed by atoms with Gasteiger partial charge in [0.25, 0.3) is 5.91 Å². The Hall–Kier alpha value is -2.67. The second kappa shape index (κ2) is 8.35. The fourth-order valence-corrected chi connectivity index (χ4v) is 3.60. The van der Waals surface area contributed by atoms with Gasteiger partial charge in [0.15, 0.2) is 0 Å². The van der Waals surface area contributed by atoms with Crippen molar-refractivity contribution in [3.63, 3.8) is 0 Å². The lowest BCUT2D eigenvalue weighted by atomic mass is 10.1. The maximum Gasteiger partial charge on any atom is 0.253 e. The molecular weight excluding hydrogens is 344 g/mol. The fourth-order valence-electron chi connectivity index (χ4n) is 3.60. The molecular formula is C20H26N4O3. The maximum atomic E-state index is 12.8. The van der Waals surface area contributed by atoms with Crippen LogP contribution in [0.2, 0.25) is 0 Å². The van der Waals surface area contributed by atoms with Gasteiger partial charge in [-0.05, 0) is 30.2 Å². The molecule has 1 saturated heterocycles. The first-order valence-corrected chi connectivity index (χ1v) is 9.30. The van der Waals surface area contributed by atoms with Gasteiger partial charge in [0.2, 0.25) is 11.8 Å². The molecule has 27 heavy (non-hydrogen) atoms. The molecule has 0 spiro atoms. The van der Waals surface area contributed by atoms with Crippen molar-refractivity contribution in [2.24, 2.45) is 0 Å². The molecule has 1 fully saturated rings. The zero-order valence-corrected chi connectivity index (χ0v) is 15.7. The highest BCUT2D eigenvalue weighted by Gasteiger charge is 2.26. The molecule has 1 aromatic carbocycles. The van der Waals surface area contributed by atoms with Crippen molar-refractivity contribution in [3.05, 3.63) is 42.0 Å². The predicted octanol–water partition coefficient (Wildman–Crippen LogP) is 0.656. The molecule has 1 aromatic rings. The predicted molar refractivity (Wildman–Crippen MR) is 104 cm³/mol. The number of carbonyl (C=O) groups excluding carboxylic acids is 3. The number of hydrogen-bond acceptors (Lipinski definition) is 4. The lowest BCUT2D eigenvalue weighted by molar-refractivity contribution is -0.122. The molecule has 1 N–H and O–H groups in total. The molecule has 7 heteroatoms. The Morgan fingerprint density at radius 1 is 1.15 bits per heavy atom. The highest BCUT2D eigenvalue weighted by Crippen LogP contribution is 2.29. The Morgan fingerprint density at radius 3 is 2.56 bits per heavy atom. The van der Waals surface area contributed by atoms with Crippen LogP contribution in [0.25, 0.3) is 0 Å². The van der Waals surface area contributed by atoms with Crippen LogP contribution in [-0.2, 0) is 16.0 Å². The Bertz CT molecular complexity index is 754. The van der Waals surface area contributed by atoms with Crippen molar-refractivity contribution in [1.82, 2.24) is 15.1 Å². The Labute approximate surface area is 159 Å². The van der Waals surface area contributed by atoms with Gasteiger partial charge in [-0.3, -0.25) is 19.3 Å². The van der Waals surface area contributed by atoms with Crippen LogP contribution >= 0.6 is 0 Å². The van der Waals surface area contributed by atoms with Crippen molar-refractivity contribution in [2.75, 3.05) is 50.7 Å². The Kier molecular flexibility index (Phi) is 5.91. The maximum absolute atomic E-state index is 12.8. The van der Waals surface area contributed by atoms with Crippen LogP contribution in [0.3, 0.4) is 0 Å². The van der Waals surface area contributed by atoms with Gasteiger partial charge < -0.3 is 15.1 Å². The van der Waals surface area contributed by atoms with Gasteiger partial charge in [0.1, 0.15) is 0 Å². The number of fused-ring (bicyclic) bond motifs is 1. The molecule has 144 valence electrons. The molecule has 0 bridgehead atoms. The van der Waals surface area contributed by atoms with E-state index in [1.165, 1.54) is 0 Å². The molecule has 0 aromatic heterocycles. The third-order valence-corrected chi connectivity index (χ3v) is 5.07. The molecule has 0 aliphatic carbocycles. The molecule has 0 atom stereocenters. The SMILES string of the molecule is C=CCNC(=O)CN1CCN(C(=O)c2ccc3c(c2)CCN3C(C)=O)CC1. The third kappa shape index (κ3) is 4.36. The second-order valence-electron chi connectivity index (χ2n) is 6.93. The van der Waals surface area contributed by atoms with Crippen LogP contribution < -0.4 is 10.2 Å². The largest absolute Gasteiger partial charge is 0.352 e. The molecule has 7 nitrogen and oxygen atoms in total. The van der Waals surface area contributed by atoms with Crippen LogP contribution in [0.1, 0.15) is 22.8 Å². The van der Waals surface area contributed by atoms with Crippen LogP contribution in [0.15, 0.2) is 30.9 Å². The van der Waals surface area contributed by atoms with E-state index < -0.39 is 0 Å². The van der Waals surface area contributed by atoms with E-state index in [0.717, 1.165) is 17.7 Å². The first-order chi connectivity index (χ1) is 13.0. The van der Waals surface area contributed by atoms with Gasteiger partial charge >= 0.3 is 0 Å². The minimum atomic E-state index is -0.0247. The zero-order chi connectivity index (χ0) is 19.4. The highest BCUT2D eigenvalue weighted by atomic mass is 16.2. The highest BCUT2D eigenvalue weighted by molar-refractivity contribution is 5.98. The number of nitrogens with zero attached hydrogens (tertiary/aromatic N) is 3. The lowest BCUT2D eigenvalue weighted by Gasteiger charge is -2.34. The monoisotopic (exact) mass is 370 g/mol. The summed E-state index contributed by atoms with van der Waals surface area (Å²) in [6.07, 6.45) is 2.43. The van der Waals surface area contributed by atoms with Gasteiger partial charge in [-0.25, -0.2) is 0 Å². The fraction of sp³-hybridized carbons (Fsp3) is 0.450. The van der Waals surface area contributed by atoms with Crippen LogP contribution in [0.4, 0.5) is 5.69 Å². The summed E-state index contributed by atoms with van der Waals surface area (Å²) in [4.78, 5) is 41.9. The molecule has 0 unspecified atom stereocenters. The van der Waals surface area contributed by atoms with E-state index in [4.69, 9.17) is 0 Å². The smallest absolute Gasteiger partial charge is 0.253 e. The van der Waals surface area contributed by atoms with E-state index in [2.05, 4.69) is 16.8 Å². The minimum absolute atomic E-state index is 0.00911. The number of piperazine rings is 1. The summed E-state index contributed by atoms with van der Waals surface area (Å²) in [5.74, 6) is 0.0132. The van der Waals surface area contributed by atoms with E-state index in [1.807, 2.05) is 17.0 Å². The summed E-state index contributed by atoms with van der Waals surface area (Å²) in [5, 5.41) is 2.77. The minimum Gasteiger partial charge on any atom is -0.352 e. The van der Waals surface area contributed by atoms with Crippen molar-refractivity contribution in [1.29, 1.82) is 0 Å². The number of benzene rings is 1. The summed E-state index contributed by atoms with van der Waals surface area (Å²) >= 11 is 0. The van der Waals surface area contributed by atoms with E-state index in [-0.39, 0.29) is 17.7 Å². The zero-order valence-electron chi connectivity index (χ0n) is 15.7. The topological polar surface area (TPSA) is 73.0 Å². The first kappa shape index (κ1) is 19.1. The van der Waals surface area contributed by atoms with Crippen molar-refractivity contribution < 1.29 is 14.4 Å². The summed E-state index contributed by atoms with van der Waals surface area (Å²) in [6.45, 7) is 9.18. The van der Waals surface area contributed by atoms with Gasteiger partial charge in [-0.15, -0.1) is 6.58 Å². The van der Waals surface area contributed by atoms with Gasteiger partial charge in [-0.1, -0.05) is 6.08 Å². The normalized spacial score (nSPS) is 16.8. The number of rotatable bonds is 5. The van der Waals surface area contributed by atoms with Gasteiger partial charge in [-0.2, -0.15) is 0 Å². The van der Waals surface area contributed by atoms with E-state index >= 15 is 0 Å². The van der Waals surface area contributed by atoms with Crippen LogP contribution in [0.5, 0.6) is 0 Å². The van der Waals surface area contributed by atoms with Crippen molar-refractivity contribution >= 4 is 23.4 Å². The van der Waals surface area contributed by atoms with E-state index in [1.54, 1.807) is 24.0 Å².